The van der Waals surface area contributed by atoms with Gasteiger partial charge in [-0.05, 0) is 46.3 Å². The second-order valence-corrected chi connectivity index (χ2v) is 15.7. The highest BCUT2D eigenvalue weighted by molar-refractivity contribution is 7.08. The molecule has 0 saturated carbocycles. The molecule has 0 radical (unpaired) electrons. The molecule has 2 nitrogen and oxygen atoms in total. The van der Waals surface area contributed by atoms with E-state index in [4.69, 9.17) is 9.85 Å². The van der Waals surface area contributed by atoms with Gasteiger partial charge < -0.3 is 9.85 Å². The summed E-state index contributed by atoms with van der Waals surface area (Å²) in [6.07, 6.45) is 0.935. The van der Waals surface area contributed by atoms with Crippen LogP contribution >= 0.6 is 0 Å². The molecule has 4 aromatic carbocycles. The van der Waals surface area contributed by atoms with E-state index in [1.807, 2.05) is 0 Å². The summed E-state index contributed by atoms with van der Waals surface area (Å²) in [5.41, 5.74) is 6.06. The fraction of sp³-hybridized carbons (Fsp3) is 0.143. The molecule has 4 heteroatoms. The second-order valence-electron chi connectivity index (χ2n) is 8.32. The molecule has 0 fully saturated rings. The van der Waals surface area contributed by atoms with Gasteiger partial charge in [0.25, 0.3) is 0 Å². The molecule has 0 amide bonds. The van der Waals surface area contributed by atoms with Gasteiger partial charge in [0.15, 0.2) is 0 Å². The lowest BCUT2D eigenvalue weighted by Gasteiger charge is -2.42. The third-order valence-electron chi connectivity index (χ3n) is 6.24. The van der Waals surface area contributed by atoms with E-state index >= 15 is 0 Å². The van der Waals surface area contributed by atoms with Gasteiger partial charge in [-0.2, -0.15) is 0 Å². The molecule has 0 spiro atoms. The summed E-state index contributed by atoms with van der Waals surface area (Å²) < 4.78 is 7.69. The van der Waals surface area contributed by atoms with Crippen molar-refractivity contribution in [3.8, 4) is 0 Å². The molecular formula is C28H31NOSi2. The molecule has 4 rings (SSSR count). The first-order valence-corrected chi connectivity index (χ1v) is 15.8. The normalized spacial score (nSPS) is 11.9. The molecule has 0 atom stereocenters. The number of hydrogen-bond acceptors (Lipinski definition) is 2. The summed E-state index contributed by atoms with van der Waals surface area (Å²) >= 11 is 0. The van der Waals surface area contributed by atoms with Crippen LogP contribution in [0.25, 0.3) is 0 Å². The van der Waals surface area contributed by atoms with E-state index in [2.05, 4.69) is 128 Å². The Kier molecular flexibility index (Phi) is 7.17. The molecule has 0 bridgehead atoms. The maximum absolute atomic E-state index is 7.69. The van der Waals surface area contributed by atoms with Crippen LogP contribution in [0.4, 0.5) is 0 Å². The quantitative estimate of drug-likeness (QED) is 0.394. The third-order valence-corrected chi connectivity index (χ3v) is 15.7. The second kappa shape index (κ2) is 10.2. The summed E-state index contributed by atoms with van der Waals surface area (Å²) in [5, 5.41) is 5.21. The summed E-state index contributed by atoms with van der Waals surface area (Å²) in [4.78, 5) is 0. The molecule has 0 aliphatic carbocycles. The lowest BCUT2D eigenvalue weighted by Crippen LogP contribution is -2.71. The van der Waals surface area contributed by atoms with Crippen LogP contribution in [0, 0.1) is 0 Å². The van der Waals surface area contributed by atoms with Gasteiger partial charge in [-0.1, -0.05) is 121 Å². The van der Waals surface area contributed by atoms with Crippen molar-refractivity contribution in [1.82, 2.24) is 0 Å². The lowest BCUT2D eigenvalue weighted by molar-refractivity contribution is 0.572. The minimum absolute atomic E-state index is 0.659. The Morgan fingerprint density at radius 2 is 0.906 bits per heavy atom. The molecular weight excluding hydrogens is 422 g/mol. The van der Waals surface area contributed by atoms with Crippen molar-refractivity contribution in [3.63, 3.8) is 0 Å². The van der Waals surface area contributed by atoms with E-state index in [0.29, 0.717) is 6.54 Å². The van der Waals surface area contributed by atoms with Gasteiger partial charge in [-0.25, -0.2) is 0 Å². The zero-order chi connectivity index (χ0) is 22.3. The van der Waals surface area contributed by atoms with Crippen molar-refractivity contribution in [2.24, 2.45) is 5.73 Å². The third kappa shape index (κ3) is 4.54. The molecule has 162 valence electrons. The molecule has 0 aliphatic heterocycles. The summed E-state index contributed by atoms with van der Waals surface area (Å²) in [6.45, 7) is 3.01. The van der Waals surface area contributed by atoms with Crippen LogP contribution in [0.5, 0.6) is 0 Å². The number of nitrogens with two attached hydrogens (primary N) is 1. The van der Waals surface area contributed by atoms with Gasteiger partial charge >= 0.3 is 0 Å². The zero-order valence-electron chi connectivity index (χ0n) is 18.7. The first-order chi connectivity index (χ1) is 15.7. The summed E-state index contributed by atoms with van der Waals surface area (Å²) in [7, 11) is -5.12. The van der Waals surface area contributed by atoms with Crippen molar-refractivity contribution < 1.29 is 4.12 Å². The zero-order valence-corrected chi connectivity index (χ0v) is 20.7. The standard InChI is InChI=1S/C28H31NOSi2/c1-31(25-15-6-2-7-16-25,26-17-8-3-9-18-26)30-32(24-14-23-29,27-19-10-4-11-20-27)28-21-12-5-13-22-28/h2-13,15-22H,14,23-24,29H2,1H3. The van der Waals surface area contributed by atoms with Gasteiger partial charge in [-0.3, -0.25) is 0 Å². The Labute approximate surface area is 194 Å². The maximum Gasteiger partial charge on any atom is 0.245 e. The fourth-order valence-electron chi connectivity index (χ4n) is 4.54. The van der Waals surface area contributed by atoms with E-state index < -0.39 is 16.6 Å². The van der Waals surface area contributed by atoms with Crippen LogP contribution in [0.3, 0.4) is 0 Å². The van der Waals surface area contributed by atoms with Crippen LogP contribution in [0.15, 0.2) is 121 Å². The lowest BCUT2D eigenvalue weighted by atomic mass is 10.4. The molecule has 2 N–H and O–H groups in total. The van der Waals surface area contributed by atoms with E-state index in [9.17, 15) is 0 Å². The molecule has 0 aromatic heterocycles. The minimum atomic E-state index is -2.59. The van der Waals surface area contributed by atoms with E-state index in [1.54, 1.807) is 0 Å². The Balaban J connectivity index is 1.95. The summed E-state index contributed by atoms with van der Waals surface area (Å²) in [6, 6.07) is 44.3. The van der Waals surface area contributed by atoms with Crippen LogP contribution in [0.1, 0.15) is 6.42 Å². The maximum atomic E-state index is 7.69. The van der Waals surface area contributed by atoms with E-state index in [0.717, 1.165) is 12.5 Å². The van der Waals surface area contributed by atoms with Gasteiger partial charge in [0.2, 0.25) is 16.6 Å². The van der Waals surface area contributed by atoms with E-state index in [1.165, 1.54) is 20.7 Å². The number of hydrogen-bond donors (Lipinski definition) is 1. The highest BCUT2D eigenvalue weighted by Gasteiger charge is 2.47. The molecule has 32 heavy (non-hydrogen) atoms. The largest absolute Gasteiger partial charge is 0.442 e. The smallest absolute Gasteiger partial charge is 0.245 e. The predicted molar refractivity (Wildman–Crippen MR) is 141 cm³/mol. The average molecular weight is 454 g/mol. The predicted octanol–water partition coefficient (Wildman–Crippen LogP) is 3.50. The Morgan fingerprint density at radius 3 is 1.25 bits per heavy atom. The Morgan fingerprint density at radius 1 is 0.562 bits per heavy atom. The van der Waals surface area contributed by atoms with E-state index in [-0.39, 0.29) is 0 Å². The molecule has 4 aromatic rings. The first-order valence-electron chi connectivity index (χ1n) is 11.3. The van der Waals surface area contributed by atoms with Gasteiger partial charge in [-0.15, -0.1) is 0 Å². The topological polar surface area (TPSA) is 35.2 Å². The van der Waals surface area contributed by atoms with Crippen LogP contribution in [0.2, 0.25) is 12.6 Å². The van der Waals surface area contributed by atoms with Gasteiger partial charge in [0, 0.05) is 0 Å². The van der Waals surface area contributed by atoms with Crippen molar-refractivity contribution in [1.29, 1.82) is 0 Å². The molecule has 0 heterocycles. The molecule has 0 unspecified atom stereocenters. The van der Waals surface area contributed by atoms with Gasteiger partial charge in [0.1, 0.15) is 0 Å². The Bertz CT molecular complexity index is 1010. The van der Waals surface area contributed by atoms with Crippen molar-refractivity contribution in [2.75, 3.05) is 6.54 Å². The minimum Gasteiger partial charge on any atom is -0.442 e. The van der Waals surface area contributed by atoms with Crippen LogP contribution < -0.4 is 26.5 Å². The molecule has 0 saturated heterocycles. The monoisotopic (exact) mass is 453 g/mol. The van der Waals surface area contributed by atoms with Crippen LogP contribution in [-0.4, -0.2) is 23.2 Å². The summed E-state index contributed by atoms with van der Waals surface area (Å²) in [5.74, 6) is 0. The van der Waals surface area contributed by atoms with Gasteiger partial charge in [0.05, 0.1) is 0 Å². The first kappa shape index (κ1) is 22.4. The number of benzene rings is 4. The number of rotatable bonds is 9. The SMILES string of the molecule is C[Si](O[Si](CCCN)(c1ccccc1)c1ccccc1)(c1ccccc1)c1ccccc1. The molecule has 0 aliphatic rings. The highest BCUT2D eigenvalue weighted by Crippen LogP contribution is 2.22. The Hall–Kier alpha value is -2.77. The average Bonchev–Trinajstić information content (AvgIpc) is 2.88. The highest BCUT2D eigenvalue weighted by atomic mass is 28.4. The fourth-order valence-corrected chi connectivity index (χ4v) is 14.7. The van der Waals surface area contributed by atoms with Crippen molar-refractivity contribution in [3.05, 3.63) is 121 Å². The van der Waals surface area contributed by atoms with Crippen molar-refractivity contribution in [2.45, 2.75) is 19.0 Å². The van der Waals surface area contributed by atoms with Crippen LogP contribution in [-0.2, 0) is 4.12 Å². The van der Waals surface area contributed by atoms with Crippen molar-refractivity contribution >= 4 is 37.4 Å².